The zero-order chi connectivity index (χ0) is 13.5. The molecule has 1 rings (SSSR count). The van der Waals surface area contributed by atoms with Crippen LogP contribution < -0.4 is 11.1 Å². The summed E-state index contributed by atoms with van der Waals surface area (Å²) in [4.78, 5) is 11.7. The van der Waals surface area contributed by atoms with Gasteiger partial charge in [0.25, 0.3) is 0 Å². The van der Waals surface area contributed by atoms with E-state index in [1.165, 1.54) is 6.07 Å². The number of carbonyl (C=O) groups is 1. The van der Waals surface area contributed by atoms with Gasteiger partial charge in [0.1, 0.15) is 5.82 Å². The Kier molecular flexibility index (Phi) is 8.35. The minimum atomic E-state index is -0.256. The third-order valence-corrected chi connectivity index (χ3v) is 2.98. The van der Waals surface area contributed by atoms with Crippen LogP contribution in [0, 0.1) is 11.7 Å². The molecule has 0 aliphatic carbocycles. The van der Waals surface area contributed by atoms with Gasteiger partial charge in [-0.05, 0) is 30.0 Å². The predicted octanol–water partition coefficient (Wildman–Crippen LogP) is 2.45. The van der Waals surface area contributed by atoms with Gasteiger partial charge in [-0.1, -0.05) is 32.0 Å². The van der Waals surface area contributed by atoms with Crippen LogP contribution in [-0.4, -0.2) is 19.0 Å². The highest BCUT2D eigenvalue weighted by Gasteiger charge is 2.14. The molecular formula is C14H22ClFN2O. The molecule has 0 aromatic heterocycles. The Hall–Kier alpha value is -1.13. The Morgan fingerprint density at radius 1 is 1.37 bits per heavy atom. The number of hydrogen-bond donors (Lipinski definition) is 2. The number of amides is 1. The molecule has 0 radical (unpaired) electrons. The van der Waals surface area contributed by atoms with E-state index in [1.807, 2.05) is 13.8 Å². The fourth-order valence-electron chi connectivity index (χ4n) is 1.71. The van der Waals surface area contributed by atoms with Crippen LogP contribution in [0.5, 0.6) is 0 Å². The van der Waals surface area contributed by atoms with Crippen LogP contribution in [0.15, 0.2) is 24.3 Å². The van der Waals surface area contributed by atoms with Crippen LogP contribution in [0.3, 0.4) is 0 Å². The second-order valence-electron chi connectivity index (χ2n) is 4.77. The number of nitrogens with one attached hydrogen (secondary N) is 1. The van der Waals surface area contributed by atoms with Crippen molar-refractivity contribution in [2.45, 2.75) is 26.2 Å². The van der Waals surface area contributed by atoms with Crippen molar-refractivity contribution in [3.8, 4) is 0 Å². The van der Waals surface area contributed by atoms with Crippen LogP contribution >= 0.6 is 12.4 Å². The smallest absolute Gasteiger partial charge is 0.220 e. The molecule has 19 heavy (non-hydrogen) atoms. The van der Waals surface area contributed by atoms with Crippen LogP contribution in [0.4, 0.5) is 4.39 Å². The SMILES string of the molecule is CC(CN)CNC(=O)CC(C)c1ccccc1F.Cl. The summed E-state index contributed by atoms with van der Waals surface area (Å²) in [6, 6.07) is 6.56. The highest BCUT2D eigenvalue weighted by Crippen LogP contribution is 2.21. The monoisotopic (exact) mass is 288 g/mol. The third kappa shape index (κ3) is 6.03. The van der Waals surface area contributed by atoms with Gasteiger partial charge in [-0.25, -0.2) is 4.39 Å². The summed E-state index contributed by atoms with van der Waals surface area (Å²) >= 11 is 0. The minimum absolute atomic E-state index is 0. The van der Waals surface area contributed by atoms with E-state index in [0.29, 0.717) is 18.7 Å². The maximum absolute atomic E-state index is 13.5. The Morgan fingerprint density at radius 2 is 2.00 bits per heavy atom. The van der Waals surface area contributed by atoms with E-state index in [4.69, 9.17) is 5.73 Å². The van der Waals surface area contributed by atoms with Gasteiger partial charge in [0.15, 0.2) is 0 Å². The molecule has 0 heterocycles. The van der Waals surface area contributed by atoms with Crippen molar-refractivity contribution in [3.63, 3.8) is 0 Å². The minimum Gasteiger partial charge on any atom is -0.356 e. The molecule has 0 fully saturated rings. The molecule has 0 bridgehead atoms. The maximum atomic E-state index is 13.5. The molecule has 5 heteroatoms. The molecular weight excluding hydrogens is 267 g/mol. The molecule has 3 N–H and O–H groups in total. The molecule has 0 saturated heterocycles. The van der Waals surface area contributed by atoms with Crippen molar-refractivity contribution < 1.29 is 9.18 Å². The van der Waals surface area contributed by atoms with E-state index in [2.05, 4.69) is 5.32 Å². The average molecular weight is 289 g/mol. The van der Waals surface area contributed by atoms with Crippen LogP contribution in [0.2, 0.25) is 0 Å². The average Bonchev–Trinajstić information content (AvgIpc) is 2.36. The van der Waals surface area contributed by atoms with E-state index in [-0.39, 0.29) is 42.4 Å². The van der Waals surface area contributed by atoms with Gasteiger partial charge in [0.2, 0.25) is 5.91 Å². The van der Waals surface area contributed by atoms with Crippen molar-refractivity contribution >= 4 is 18.3 Å². The normalized spacial score (nSPS) is 13.3. The largest absolute Gasteiger partial charge is 0.356 e. The number of hydrogen-bond acceptors (Lipinski definition) is 2. The first-order valence-corrected chi connectivity index (χ1v) is 6.25. The van der Waals surface area contributed by atoms with E-state index in [1.54, 1.807) is 18.2 Å². The molecule has 3 nitrogen and oxygen atoms in total. The van der Waals surface area contributed by atoms with Gasteiger partial charge in [-0.3, -0.25) is 4.79 Å². The highest BCUT2D eigenvalue weighted by atomic mass is 35.5. The number of carbonyl (C=O) groups excluding carboxylic acids is 1. The molecule has 1 aromatic rings. The molecule has 108 valence electrons. The lowest BCUT2D eigenvalue weighted by Gasteiger charge is -2.14. The zero-order valence-electron chi connectivity index (χ0n) is 11.4. The molecule has 0 spiro atoms. The summed E-state index contributed by atoms with van der Waals surface area (Å²) in [5.41, 5.74) is 6.05. The first kappa shape index (κ1) is 17.9. The van der Waals surface area contributed by atoms with Gasteiger partial charge in [0, 0.05) is 13.0 Å². The van der Waals surface area contributed by atoms with E-state index < -0.39 is 0 Å². The molecule has 2 atom stereocenters. The van der Waals surface area contributed by atoms with Crippen molar-refractivity contribution in [2.24, 2.45) is 11.7 Å². The first-order valence-electron chi connectivity index (χ1n) is 6.25. The van der Waals surface area contributed by atoms with Crippen molar-refractivity contribution in [1.82, 2.24) is 5.32 Å². The predicted molar refractivity (Wildman–Crippen MR) is 77.9 cm³/mol. The molecule has 1 amide bonds. The summed E-state index contributed by atoms with van der Waals surface area (Å²) in [5, 5.41) is 2.81. The Bertz CT molecular complexity index is 401. The van der Waals surface area contributed by atoms with E-state index in [0.717, 1.165) is 0 Å². The second kappa shape index (κ2) is 8.88. The number of rotatable bonds is 6. The van der Waals surface area contributed by atoms with Crippen molar-refractivity contribution in [3.05, 3.63) is 35.6 Å². The van der Waals surface area contributed by atoms with E-state index >= 15 is 0 Å². The second-order valence-corrected chi connectivity index (χ2v) is 4.77. The standard InChI is InChI=1S/C14H21FN2O.ClH/c1-10(8-16)9-17-14(18)7-11(2)12-5-3-4-6-13(12)15;/h3-6,10-11H,7-9,16H2,1-2H3,(H,17,18);1H. The molecule has 1 aromatic carbocycles. The number of nitrogens with two attached hydrogens (primary N) is 1. The maximum Gasteiger partial charge on any atom is 0.220 e. The molecule has 2 unspecified atom stereocenters. The summed E-state index contributed by atoms with van der Waals surface area (Å²) in [6.07, 6.45) is 0.290. The van der Waals surface area contributed by atoms with Gasteiger partial charge in [-0.15, -0.1) is 12.4 Å². The Morgan fingerprint density at radius 3 is 2.58 bits per heavy atom. The van der Waals surface area contributed by atoms with E-state index in [9.17, 15) is 9.18 Å². The lowest BCUT2D eigenvalue weighted by molar-refractivity contribution is -0.121. The van der Waals surface area contributed by atoms with Gasteiger partial charge >= 0.3 is 0 Å². The molecule has 0 aliphatic rings. The van der Waals surface area contributed by atoms with Crippen molar-refractivity contribution in [2.75, 3.05) is 13.1 Å². The fraction of sp³-hybridized carbons (Fsp3) is 0.500. The number of benzene rings is 1. The fourth-order valence-corrected chi connectivity index (χ4v) is 1.71. The summed E-state index contributed by atoms with van der Waals surface area (Å²) < 4.78 is 13.5. The zero-order valence-corrected chi connectivity index (χ0v) is 12.2. The lowest BCUT2D eigenvalue weighted by atomic mass is 9.97. The third-order valence-electron chi connectivity index (χ3n) is 2.98. The summed E-state index contributed by atoms with van der Waals surface area (Å²) in [7, 11) is 0. The summed E-state index contributed by atoms with van der Waals surface area (Å²) in [5.74, 6) is -0.184. The quantitative estimate of drug-likeness (QED) is 0.845. The Labute approximate surface area is 120 Å². The summed E-state index contributed by atoms with van der Waals surface area (Å²) in [6.45, 7) is 4.94. The topological polar surface area (TPSA) is 55.1 Å². The van der Waals surface area contributed by atoms with Gasteiger partial charge in [-0.2, -0.15) is 0 Å². The van der Waals surface area contributed by atoms with Crippen molar-refractivity contribution in [1.29, 1.82) is 0 Å². The Balaban J connectivity index is 0.00000324. The van der Waals surface area contributed by atoms with Gasteiger partial charge in [0.05, 0.1) is 0 Å². The molecule has 0 saturated carbocycles. The van der Waals surface area contributed by atoms with Crippen LogP contribution in [-0.2, 0) is 4.79 Å². The van der Waals surface area contributed by atoms with Crippen LogP contribution in [0.25, 0.3) is 0 Å². The van der Waals surface area contributed by atoms with Crippen LogP contribution in [0.1, 0.15) is 31.7 Å². The lowest BCUT2D eigenvalue weighted by Crippen LogP contribution is -2.31. The number of halogens is 2. The molecule has 0 aliphatic heterocycles. The van der Waals surface area contributed by atoms with Gasteiger partial charge < -0.3 is 11.1 Å². The first-order chi connectivity index (χ1) is 8.54. The highest BCUT2D eigenvalue weighted by molar-refractivity contribution is 5.85.